The Labute approximate surface area is 185 Å². The van der Waals surface area contributed by atoms with Crippen molar-refractivity contribution in [3.8, 4) is 11.5 Å². The minimum Gasteiger partial charge on any atom is -0.493 e. The van der Waals surface area contributed by atoms with Crippen LogP contribution < -0.4 is 9.47 Å². The number of aromatic nitrogens is 4. The zero-order valence-electron chi connectivity index (χ0n) is 16.6. The molecule has 0 radical (unpaired) electrons. The van der Waals surface area contributed by atoms with E-state index in [0.29, 0.717) is 29.3 Å². The second-order valence-corrected chi connectivity index (χ2v) is 8.04. The minimum absolute atomic E-state index is 0.173. The zero-order valence-corrected chi connectivity index (χ0v) is 18.2. The van der Waals surface area contributed by atoms with Gasteiger partial charge in [0.25, 0.3) is 0 Å². The molecule has 0 unspecified atom stereocenters. The number of hydrogen-bond donors (Lipinski definition) is 2. The zero-order chi connectivity index (χ0) is 21.4. The summed E-state index contributed by atoms with van der Waals surface area (Å²) in [5.74, 6) is 1.08. The summed E-state index contributed by atoms with van der Waals surface area (Å²) in [6, 6.07) is 12.7. The lowest BCUT2D eigenvalue weighted by molar-refractivity contribution is 0.275. The Kier molecular flexibility index (Phi) is 5.07. The van der Waals surface area contributed by atoms with Crippen molar-refractivity contribution in [2.24, 2.45) is 0 Å². The first-order valence-electron chi connectivity index (χ1n) is 9.65. The fourth-order valence-electron chi connectivity index (χ4n) is 3.59. The molecule has 3 aromatic heterocycles. The molecule has 0 aliphatic rings. The molecule has 31 heavy (non-hydrogen) atoms. The molecule has 2 aromatic carbocycles. The number of benzene rings is 2. The largest absolute Gasteiger partial charge is 0.493 e. The van der Waals surface area contributed by atoms with E-state index in [4.69, 9.17) is 9.47 Å². The summed E-state index contributed by atoms with van der Waals surface area (Å²) >= 11 is 3.44. The van der Waals surface area contributed by atoms with Gasteiger partial charge in [0.15, 0.2) is 11.5 Å². The number of fused-ring (bicyclic) bond motifs is 2. The predicted octanol–water partition coefficient (Wildman–Crippen LogP) is 5.52. The van der Waals surface area contributed by atoms with E-state index in [9.17, 15) is 4.39 Å². The molecule has 156 valence electrons. The van der Waals surface area contributed by atoms with Crippen LogP contribution in [-0.4, -0.2) is 27.0 Å². The fourth-order valence-corrected chi connectivity index (χ4v) is 3.92. The molecular weight excluding hydrogens is 463 g/mol. The molecule has 0 aliphatic carbocycles. The first-order valence-corrected chi connectivity index (χ1v) is 10.4. The molecule has 3 heterocycles. The number of ether oxygens (including phenoxy) is 2. The van der Waals surface area contributed by atoms with Crippen LogP contribution in [-0.2, 0) is 13.0 Å². The van der Waals surface area contributed by atoms with Crippen LogP contribution >= 0.6 is 15.9 Å². The van der Waals surface area contributed by atoms with E-state index in [1.54, 1.807) is 12.3 Å². The Morgan fingerprint density at radius 1 is 1.10 bits per heavy atom. The maximum absolute atomic E-state index is 14.9. The van der Waals surface area contributed by atoms with Crippen molar-refractivity contribution < 1.29 is 13.9 Å². The van der Waals surface area contributed by atoms with Crippen molar-refractivity contribution in [1.82, 2.24) is 19.9 Å². The van der Waals surface area contributed by atoms with E-state index in [0.717, 1.165) is 32.1 Å². The Hall–Kier alpha value is -3.39. The molecule has 6 nitrogen and oxygen atoms in total. The summed E-state index contributed by atoms with van der Waals surface area (Å²) < 4.78 is 27.1. The van der Waals surface area contributed by atoms with Crippen molar-refractivity contribution in [2.45, 2.75) is 13.0 Å². The third-order valence-electron chi connectivity index (χ3n) is 5.10. The minimum atomic E-state index is -0.363. The monoisotopic (exact) mass is 480 g/mol. The molecule has 0 bridgehead atoms. The van der Waals surface area contributed by atoms with Gasteiger partial charge in [-0.1, -0.05) is 12.1 Å². The third kappa shape index (κ3) is 3.86. The van der Waals surface area contributed by atoms with Gasteiger partial charge in [-0.3, -0.25) is 0 Å². The Bertz CT molecular complexity index is 1360. The smallest absolute Gasteiger partial charge is 0.164 e. The molecule has 0 fully saturated rings. The van der Waals surface area contributed by atoms with Crippen LogP contribution in [0.2, 0.25) is 0 Å². The summed E-state index contributed by atoms with van der Waals surface area (Å²) in [4.78, 5) is 15.1. The van der Waals surface area contributed by atoms with Gasteiger partial charge in [-0.05, 0) is 51.3 Å². The molecule has 8 heteroatoms. The van der Waals surface area contributed by atoms with Gasteiger partial charge in [-0.15, -0.1) is 0 Å². The van der Waals surface area contributed by atoms with Crippen LogP contribution in [0.25, 0.3) is 22.1 Å². The first-order chi connectivity index (χ1) is 15.1. The number of halogens is 2. The van der Waals surface area contributed by atoms with Gasteiger partial charge in [0.1, 0.15) is 23.9 Å². The summed E-state index contributed by atoms with van der Waals surface area (Å²) in [5.41, 5.74) is 4.00. The van der Waals surface area contributed by atoms with Gasteiger partial charge in [0.05, 0.1) is 18.1 Å². The lowest BCUT2D eigenvalue weighted by Gasteiger charge is -2.12. The first kappa shape index (κ1) is 19.6. The van der Waals surface area contributed by atoms with Crippen LogP contribution in [0.5, 0.6) is 11.5 Å². The Morgan fingerprint density at radius 3 is 2.81 bits per heavy atom. The maximum atomic E-state index is 14.9. The molecule has 2 N–H and O–H groups in total. The van der Waals surface area contributed by atoms with Crippen LogP contribution in [0.15, 0.2) is 59.3 Å². The van der Waals surface area contributed by atoms with E-state index in [-0.39, 0.29) is 12.4 Å². The number of pyridine rings is 1. The predicted molar refractivity (Wildman–Crippen MR) is 120 cm³/mol. The van der Waals surface area contributed by atoms with Gasteiger partial charge in [-0.2, -0.15) is 0 Å². The van der Waals surface area contributed by atoms with Crippen molar-refractivity contribution >= 4 is 38.0 Å². The molecule has 5 aromatic rings. The summed E-state index contributed by atoms with van der Waals surface area (Å²) in [6.45, 7) is 0.173. The number of para-hydroxylation sites is 2. The Morgan fingerprint density at radius 2 is 1.97 bits per heavy atom. The number of hydrogen-bond acceptors (Lipinski definition) is 4. The average molecular weight is 481 g/mol. The third-order valence-corrected chi connectivity index (χ3v) is 5.53. The normalized spacial score (nSPS) is 11.3. The molecule has 5 rings (SSSR count). The fraction of sp³-hybridized carbons (Fsp3) is 0.130. The molecule has 0 spiro atoms. The molecular formula is C23H18BrFN4O2. The number of nitrogens with one attached hydrogen (secondary N) is 2. The van der Waals surface area contributed by atoms with E-state index in [1.807, 2.05) is 36.5 Å². The summed E-state index contributed by atoms with van der Waals surface area (Å²) in [5, 5.41) is 0.943. The highest BCUT2D eigenvalue weighted by molar-refractivity contribution is 9.10. The standard InChI is InChI=1S/C23H18BrFN4O2/c1-30-20-7-13(6-14-10-26-23-16(14)8-15(24)11-27-23)17(25)9-21(20)31-12-22-28-18-4-2-3-5-19(18)29-22/h2-5,7-11H,6,12H2,1H3,(H,26,27)(H,28,29). The van der Waals surface area contributed by atoms with E-state index in [1.165, 1.54) is 13.2 Å². The lowest BCUT2D eigenvalue weighted by atomic mass is 10.0. The summed E-state index contributed by atoms with van der Waals surface area (Å²) in [6.07, 6.45) is 3.96. The summed E-state index contributed by atoms with van der Waals surface area (Å²) in [7, 11) is 1.54. The van der Waals surface area contributed by atoms with E-state index < -0.39 is 0 Å². The number of rotatable bonds is 6. The second kappa shape index (κ2) is 8.03. The SMILES string of the molecule is COc1cc(Cc2c[nH]c3ncc(Br)cc23)c(F)cc1OCc1nc2ccccc2[nH]1. The number of H-pyrrole nitrogens is 2. The van der Waals surface area contributed by atoms with Gasteiger partial charge >= 0.3 is 0 Å². The highest BCUT2D eigenvalue weighted by Crippen LogP contribution is 2.33. The van der Waals surface area contributed by atoms with E-state index in [2.05, 4.69) is 35.9 Å². The number of imidazole rings is 1. The number of methoxy groups -OCH3 is 1. The topological polar surface area (TPSA) is 75.8 Å². The molecule has 0 saturated heterocycles. The molecule has 0 atom stereocenters. The van der Waals surface area contributed by atoms with Crippen molar-refractivity contribution in [3.63, 3.8) is 0 Å². The van der Waals surface area contributed by atoms with Gasteiger partial charge in [0.2, 0.25) is 0 Å². The van der Waals surface area contributed by atoms with Crippen molar-refractivity contribution in [1.29, 1.82) is 0 Å². The van der Waals surface area contributed by atoms with Crippen LogP contribution in [0.1, 0.15) is 17.0 Å². The average Bonchev–Trinajstić information content (AvgIpc) is 3.37. The van der Waals surface area contributed by atoms with Crippen molar-refractivity contribution in [3.05, 3.63) is 82.1 Å². The van der Waals surface area contributed by atoms with Crippen LogP contribution in [0.3, 0.4) is 0 Å². The van der Waals surface area contributed by atoms with Gasteiger partial charge in [0, 0.05) is 34.7 Å². The number of aromatic amines is 2. The van der Waals surface area contributed by atoms with Crippen LogP contribution in [0.4, 0.5) is 4.39 Å². The van der Waals surface area contributed by atoms with Crippen molar-refractivity contribution in [2.75, 3.05) is 7.11 Å². The van der Waals surface area contributed by atoms with Gasteiger partial charge < -0.3 is 19.4 Å². The molecule has 0 saturated carbocycles. The number of nitrogens with zero attached hydrogens (tertiary/aromatic N) is 2. The highest BCUT2D eigenvalue weighted by Gasteiger charge is 2.15. The lowest BCUT2D eigenvalue weighted by Crippen LogP contribution is -2.02. The second-order valence-electron chi connectivity index (χ2n) is 7.12. The van der Waals surface area contributed by atoms with Gasteiger partial charge in [-0.25, -0.2) is 14.4 Å². The van der Waals surface area contributed by atoms with Crippen LogP contribution in [0, 0.1) is 5.82 Å². The quantitative estimate of drug-likeness (QED) is 0.335. The van der Waals surface area contributed by atoms with E-state index >= 15 is 0 Å². The maximum Gasteiger partial charge on any atom is 0.164 e. The molecule has 0 amide bonds. The Balaban J connectivity index is 1.39. The highest BCUT2D eigenvalue weighted by atomic mass is 79.9. The molecule has 0 aliphatic heterocycles.